The summed E-state index contributed by atoms with van der Waals surface area (Å²) in [5, 5.41) is 10.7. The zero-order valence-corrected chi connectivity index (χ0v) is 14.3. The predicted molar refractivity (Wildman–Crippen MR) is 93.2 cm³/mol. The third-order valence-corrected chi connectivity index (χ3v) is 5.13. The minimum atomic E-state index is -0.678. The van der Waals surface area contributed by atoms with Crippen LogP contribution in [0.5, 0.6) is 5.75 Å². The van der Waals surface area contributed by atoms with Crippen LogP contribution in [0, 0.1) is 5.41 Å². The number of rotatable bonds is 5. The van der Waals surface area contributed by atoms with Gasteiger partial charge in [0.05, 0.1) is 18.2 Å². The van der Waals surface area contributed by atoms with Gasteiger partial charge in [0.1, 0.15) is 11.3 Å². The Balaban J connectivity index is 1.83. The third kappa shape index (κ3) is 3.08. The second kappa shape index (κ2) is 6.77. The van der Waals surface area contributed by atoms with Crippen LogP contribution in [0.3, 0.4) is 0 Å². The van der Waals surface area contributed by atoms with Crippen LogP contribution in [0.1, 0.15) is 31.9 Å². The lowest BCUT2D eigenvalue weighted by atomic mass is 9.77. The van der Waals surface area contributed by atoms with Gasteiger partial charge >= 0.3 is 5.97 Å². The molecule has 0 saturated carbocycles. The average molecular weight is 328 g/mol. The second-order valence-corrected chi connectivity index (χ2v) is 6.59. The van der Waals surface area contributed by atoms with Gasteiger partial charge in [0.25, 0.3) is 0 Å². The van der Waals surface area contributed by atoms with Crippen molar-refractivity contribution >= 4 is 16.9 Å². The summed E-state index contributed by atoms with van der Waals surface area (Å²) in [6.45, 7) is 4.14. The molecule has 0 bridgehead atoms. The Bertz CT molecular complexity index is 746. The number of likely N-dealkylation sites (tertiary alicyclic amines) is 1. The maximum Gasteiger partial charge on any atom is 0.310 e. The van der Waals surface area contributed by atoms with E-state index in [-0.39, 0.29) is 0 Å². The lowest BCUT2D eigenvalue weighted by Crippen LogP contribution is -2.47. The molecule has 1 saturated heterocycles. The fourth-order valence-electron chi connectivity index (χ4n) is 3.62. The van der Waals surface area contributed by atoms with Gasteiger partial charge in [-0.15, -0.1) is 0 Å². The number of methoxy groups -OCH3 is 1. The first kappa shape index (κ1) is 16.7. The van der Waals surface area contributed by atoms with E-state index in [9.17, 15) is 9.90 Å². The highest BCUT2D eigenvalue weighted by Gasteiger charge is 2.40. The highest BCUT2D eigenvalue weighted by atomic mass is 16.5. The van der Waals surface area contributed by atoms with Crippen LogP contribution in [0.4, 0.5) is 0 Å². The number of benzene rings is 1. The summed E-state index contributed by atoms with van der Waals surface area (Å²) >= 11 is 0. The summed E-state index contributed by atoms with van der Waals surface area (Å²) in [5.41, 5.74) is 1.19. The van der Waals surface area contributed by atoms with Crippen molar-refractivity contribution in [2.75, 3.05) is 20.2 Å². The van der Waals surface area contributed by atoms with Crippen molar-refractivity contribution in [3.05, 3.63) is 36.0 Å². The Morgan fingerprint density at radius 3 is 2.92 bits per heavy atom. The van der Waals surface area contributed by atoms with Gasteiger partial charge < -0.3 is 9.84 Å². The first-order chi connectivity index (χ1) is 11.6. The van der Waals surface area contributed by atoms with Crippen LogP contribution >= 0.6 is 0 Å². The largest absolute Gasteiger partial charge is 0.494 e. The molecular formula is C19H24N2O3. The van der Waals surface area contributed by atoms with Crippen LogP contribution in [0.25, 0.3) is 10.9 Å². The maximum atomic E-state index is 11.7. The molecule has 0 radical (unpaired) electrons. The van der Waals surface area contributed by atoms with Crippen molar-refractivity contribution in [1.82, 2.24) is 9.88 Å². The summed E-state index contributed by atoms with van der Waals surface area (Å²) in [6, 6.07) is 9.95. The summed E-state index contributed by atoms with van der Waals surface area (Å²) < 4.78 is 5.40. The average Bonchev–Trinajstić information content (AvgIpc) is 2.61. The molecule has 1 aliphatic heterocycles. The van der Waals surface area contributed by atoms with Crippen LogP contribution in [0.2, 0.25) is 0 Å². The first-order valence-electron chi connectivity index (χ1n) is 8.46. The molecule has 128 valence electrons. The van der Waals surface area contributed by atoms with Gasteiger partial charge in [-0.1, -0.05) is 25.1 Å². The van der Waals surface area contributed by atoms with Crippen molar-refractivity contribution in [3.8, 4) is 5.75 Å². The number of aromatic nitrogens is 1. The topological polar surface area (TPSA) is 62.7 Å². The number of pyridine rings is 1. The number of fused-ring (bicyclic) bond motifs is 1. The molecule has 0 aliphatic carbocycles. The molecule has 24 heavy (non-hydrogen) atoms. The van der Waals surface area contributed by atoms with Crippen molar-refractivity contribution in [1.29, 1.82) is 0 Å². The van der Waals surface area contributed by atoms with E-state index in [2.05, 4.69) is 11.0 Å². The molecular weight excluding hydrogens is 304 g/mol. The fourth-order valence-corrected chi connectivity index (χ4v) is 3.62. The molecule has 5 heteroatoms. The molecule has 1 atom stereocenters. The number of ether oxygens (including phenoxy) is 1. The first-order valence-corrected chi connectivity index (χ1v) is 8.46. The SMILES string of the molecule is CC[C@@]1(C(=O)O)CCCN(Cc2ccc3cccc(OC)c3n2)C1. The summed E-state index contributed by atoms with van der Waals surface area (Å²) in [4.78, 5) is 18.7. The smallest absolute Gasteiger partial charge is 0.310 e. The standard InChI is InChI=1S/C19H24N2O3/c1-3-19(18(22)23)10-5-11-21(13-19)12-15-9-8-14-6-4-7-16(24-2)17(14)20-15/h4,6-9H,3,5,10-13H2,1-2H3,(H,22,23)/t19-/m1/s1. The molecule has 0 amide bonds. The summed E-state index contributed by atoms with van der Waals surface area (Å²) in [6.07, 6.45) is 2.34. The van der Waals surface area contributed by atoms with E-state index in [1.807, 2.05) is 31.2 Å². The van der Waals surface area contributed by atoms with E-state index in [1.54, 1.807) is 7.11 Å². The van der Waals surface area contributed by atoms with Gasteiger partial charge in [-0.3, -0.25) is 9.69 Å². The number of hydrogen-bond acceptors (Lipinski definition) is 4. The molecule has 5 nitrogen and oxygen atoms in total. The van der Waals surface area contributed by atoms with E-state index in [1.165, 1.54) is 0 Å². The van der Waals surface area contributed by atoms with Gasteiger partial charge in [0.15, 0.2) is 0 Å². The number of carboxylic acids is 1. The molecule has 1 aliphatic rings. The van der Waals surface area contributed by atoms with Crippen molar-refractivity contribution in [2.24, 2.45) is 5.41 Å². The predicted octanol–water partition coefficient (Wildman–Crippen LogP) is 3.32. The van der Waals surface area contributed by atoms with Gasteiger partial charge in [0.2, 0.25) is 0 Å². The molecule has 1 fully saturated rings. The summed E-state index contributed by atoms with van der Waals surface area (Å²) in [7, 11) is 1.65. The Morgan fingerprint density at radius 1 is 1.38 bits per heavy atom. The molecule has 2 heterocycles. The minimum absolute atomic E-state index is 0.588. The van der Waals surface area contributed by atoms with Crippen LogP contribution < -0.4 is 4.74 Å². The van der Waals surface area contributed by atoms with Gasteiger partial charge in [-0.05, 0) is 37.9 Å². The van der Waals surface area contributed by atoms with Crippen molar-refractivity contribution < 1.29 is 14.6 Å². The third-order valence-electron chi connectivity index (χ3n) is 5.13. The zero-order chi connectivity index (χ0) is 17.2. The molecule has 3 rings (SSSR count). The molecule has 1 aromatic heterocycles. The van der Waals surface area contributed by atoms with Crippen molar-refractivity contribution in [2.45, 2.75) is 32.7 Å². The van der Waals surface area contributed by atoms with E-state index in [0.717, 1.165) is 41.7 Å². The molecule has 1 aromatic carbocycles. The normalized spacial score (nSPS) is 21.8. The summed E-state index contributed by atoms with van der Waals surface area (Å²) in [5.74, 6) is 0.0873. The quantitative estimate of drug-likeness (QED) is 0.912. The Morgan fingerprint density at radius 2 is 2.21 bits per heavy atom. The number of carboxylic acid groups (broad SMARTS) is 1. The highest BCUT2D eigenvalue weighted by Crippen LogP contribution is 2.34. The Labute approximate surface area is 142 Å². The van der Waals surface area contributed by atoms with E-state index in [0.29, 0.717) is 19.5 Å². The highest BCUT2D eigenvalue weighted by molar-refractivity contribution is 5.84. The fraction of sp³-hybridized carbons (Fsp3) is 0.474. The molecule has 0 spiro atoms. The zero-order valence-electron chi connectivity index (χ0n) is 14.3. The maximum absolute atomic E-state index is 11.7. The van der Waals surface area contributed by atoms with E-state index >= 15 is 0 Å². The van der Waals surface area contributed by atoms with Crippen molar-refractivity contribution in [3.63, 3.8) is 0 Å². The Hall–Kier alpha value is -2.14. The Kier molecular flexibility index (Phi) is 4.71. The van der Waals surface area contributed by atoms with Gasteiger partial charge in [0, 0.05) is 18.5 Å². The number of hydrogen-bond donors (Lipinski definition) is 1. The van der Waals surface area contributed by atoms with Gasteiger partial charge in [-0.2, -0.15) is 0 Å². The number of nitrogens with zero attached hydrogens (tertiary/aromatic N) is 2. The number of para-hydroxylation sites is 1. The van der Waals surface area contributed by atoms with Crippen LogP contribution in [-0.2, 0) is 11.3 Å². The number of carbonyl (C=O) groups is 1. The number of aliphatic carboxylic acids is 1. The monoisotopic (exact) mass is 328 g/mol. The molecule has 2 aromatic rings. The second-order valence-electron chi connectivity index (χ2n) is 6.59. The lowest BCUT2D eigenvalue weighted by molar-refractivity contribution is -0.153. The molecule has 1 N–H and O–H groups in total. The van der Waals surface area contributed by atoms with E-state index in [4.69, 9.17) is 9.72 Å². The lowest BCUT2D eigenvalue weighted by Gasteiger charge is -2.39. The van der Waals surface area contributed by atoms with Gasteiger partial charge in [-0.25, -0.2) is 4.98 Å². The number of piperidine rings is 1. The minimum Gasteiger partial charge on any atom is -0.494 e. The van der Waals surface area contributed by atoms with Crippen LogP contribution in [0.15, 0.2) is 30.3 Å². The molecule has 0 unspecified atom stereocenters. The van der Waals surface area contributed by atoms with Crippen LogP contribution in [-0.4, -0.2) is 41.2 Å². The van der Waals surface area contributed by atoms with E-state index < -0.39 is 11.4 Å².